The molecule has 0 saturated heterocycles. The summed E-state index contributed by atoms with van der Waals surface area (Å²) >= 11 is 0. The van der Waals surface area contributed by atoms with Gasteiger partial charge in [-0.2, -0.15) is 0 Å². The molecule has 1 aliphatic rings. The Morgan fingerprint density at radius 1 is 1.12 bits per heavy atom. The van der Waals surface area contributed by atoms with Crippen molar-refractivity contribution in [2.75, 3.05) is 18.5 Å². The lowest BCUT2D eigenvalue weighted by Gasteiger charge is -2.19. The number of carbonyl (C=O) groups excluding carboxylic acids is 1. The summed E-state index contributed by atoms with van der Waals surface area (Å²) in [5.41, 5.74) is 1.56. The highest BCUT2D eigenvalue weighted by Gasteiger charge is 2.21. The van der Waals surface area contributed by atoms with E-state index < -0.39 is 16.0 Å². The third-order valence-corrected chi connectivity index (χ3v) is 5.35. The largest absolute Gasteiger partial charge is 0.486 e. The quantitative estimate of drug-likeness (QED) is 0.905. The standard InChI is InChI=1S/C18H19NO4S/c1-13(24(21)12-14-5-3-2-4-6-14)18(20)19-15-7-8-16-17(11-15)23-10-9-22-16/h2-8,11,13H,9-10,12H2,1H3,(H,19,20)/t13-,24+/m0/s1. The molecule has 0 spiro atoms. The number of amides is 1. The Bertz CT molecular complexity index is 748. The van der Waals surface area contributed by atoms with Crippen LogP contribution in [0.4, 0.5) is 5.69 Å². The number of ether oxygens (including phenoxy) is 2. The summed E-state index contributed by atoms with van der Waals surface area (Å²) in [5, 5.41) is 2.18. The predicted octanol–water partition coefficient (Wildman–Crippen LogP) is 2.73. The minimum absolute atomic E-state index is 0.277. The van der Waals surface area contributed by atoms with Gasteiger partial charge < -0.3 is 14.8 Å². The van der Waals surface area contributed by atoms with Crippen LogP contribution in [0.1, 0.15) is 12.5 Å². The van der Waals surface area contributed by atoms with E-state index in [-0.39, 0.29) is 5.91 Å². The first-order chi connectivity index (χ1) is 11.6. The molecule has 1 aliphatic heterocycles. The lowest BCUT2D eigenvalue weighted by molar-refractivity contribution is -0.115. The zero-order valence-electron chi connectivity index (χ0n) is 13.4. The molecule has 0 aliphatic carbocycles. The van der Waals surface area contributed by atoms with E-state index in [1.165, 1.54) is 0 Å². The lowest BCUT2D eigenvalue weighted by atomic mass is 10.2. The van der Waals surface area contributed by atoms with Crippen LogP contribution < -0.4 is 14.8 Å². The fourth-order valence-corrected chi connectivity index (χ4v) is 3.42. The van der Waals surface area contributed by atoms with Gasteiger partial charge in [-0.05, 0) is 24.6 Å². The Morgan fingerprint density at radius 2 is 1.83 bits per heavy atom. The van der Waals surface area contributed by atoms with Crippen LogP contribution in [0.15, 0.2) is 48.5 Å². The molecule has 0 unspecified atom stereocenters. The molecule has 1 N–H and O–H groups in total. The van der Waals surface area contributed by atoms with Crippen molar-refractivity contribution in [3.05, 3.63) is 54.1 Å². The Hall–Kier alpha value is -2.34. The van der Waals surface area contributed by atoms with Crippen molar-refractivity contribution in [1.29, 1.82) is 0 Å². The molecule has 0 radical (unpaired) electrons. The first-order valence-electron chi connectivity index (χ1n) is 7.75. The Morgan fingerprint density at radius 3 is 2.58 bits per heavy atom. The highest BCUT2D eigenvalue weighted by Crippen LogP contribution is 2.32. The van der Waals surface area contributed by atoms with Gasteiger partial charge in [-0.1, -0.05) is 30.3 Å². The minimum Gasteiger partial charge on any atom is -0.486 e. The number of hydrogen-bond acceptors (Lipinski definition) is 4. The van der Waals surface area contributed by atoms with E-state index in [0.717, 1.165) is 5.56 Å². The second kappa shape index (κ2) is 7.49. The maximum atomic E-state index is 12.4. The summed E-state index contributed by atoms with van der Waals surface area (Å²) in [6.07, 6.45) is 0. The fourth-order valence-electron chi connectivity index (χ4n) is 2.35. The molecule has 6 heteroatoms. The molecule has 1 amide bonds. The van der Waals surface area contributed by atoms with Gasteiger partial charge >= 0.3 is 0 Å². The molecule has 0 aromatic heterocycles. The van der Waals surface area contributed by atoms with Crippen molar-refractivity contribution < 1.29 is 18.5 Å². The number of hydrogen-bond donors (Lipinski definition) is 1. The number of rotatable bonds is 5. The third-order valence-electron chi connectivity index (χ3n) is 3.73. The molecule has 0 fully saturated rings. The monoisotopic (exact) mass is 345 g/mol. The van der Waals surface area contributed by atoms with Crippen molar-refractivity contribution in [3.63, 3.8) is 0 Å². The second-order valence-electron chi connectivity index (χ2n) is 5.50. The molecule has 2 aromatic rings. The molecule has 24 heavy (non-hydrogen) atoms. The van der Waals surface area contributed by atoms with Gasteiger partial charge in [0.2, 0.25) is 5.91 Å². The van der Waals surface area contributed by atoms with Gasteiger partial charge in [0.15, 0.2) is 11.5 Å². The van der Waals surface area contributed by atoms with Gasteiger partial charge in [0, 0.05) is 28.3 Å². The smallest absolute Gasteiger partial charge is 0.239 e. The van der Waals surface area contributed by atoms with E-state index >= 15 is 0 Å². The van der Waals surface area contributed by atoms with E-state index in [4.69, 9.17) is 9.47 Å². The topological polar surface area (TPSA) is 64.6 Å². The second-order valence-corrected chi connectivity index (χ2v) is 7.26. The van der Waals surface area contributed by atoms with Gasteiger partial charge in [0.05, 0.1) is 0 Å². The van der Waals surface area contributed by atoms with Crippen molar-refractivity contribution >= 4 is 22.4 Å². The molecule has 1 heterocycles. The molecule has 2 atom stereocenters. The van der Waals surface area contributed by atoms with Crippen LogP contribution in [-0.4, -0.2) is 28.6 Å². The van der Waals surface area contributed by atoms with E-state index in [2.05, 4.69) is 5.32 Å². The van der Waals surface area contributed by atoms with Crippen molar-refractivity contribution in [3.8, 4) is 11.5 Å². The zero-order chi connectivity index (χ0) is 16.9. The normalized spacial score (nSPS) is 15.4. The number of carbonyl (C=O) groups is 1. The highest BCUT2D eigenvalue weighted by atomic mass is 32.2. The van der Waals surface area contributed by atoms with E-state index in [1.54, 1.807) is 25.1 Å². The van der Waals surface area contributed by atoms with E-state index in [9.17, 15) is 9.00 Å². The van der Waals surface area contributed by atoms with Crippen LogP contribution in [0.2, 0.25) is 0 Å². The number of fused-ring (bicyclic) bond motifs is 1. The molecular weight excluding hydrogens is 326 g/mol. The number of benzene rings is 2. The Balaban J connectivity index is 1.62. The molecule has 3 rings (SSSR count). The van der Waals surface area contributed by atoms with Gasteiger partial charge in [-0.3, -0.25) is 9.00 Å². The lowest BCUT2D eigenvalue weighted by Crippen LogP contribution is -2.29. The van der Waals surface area contributed by atoms with E-state index in [1.807, 2.05) is 30.3 Å². The van der Waals surface area contributed by atoms with Crippen LogP contribution in [0.3, 0.4) is 0 Å². The number of nitrogens with one attached hydrogen (secondary N) is 1. The van der Waals surface area contributed by atoms with Crippen LogP contribution in [0.5, 0.6) is 11.5 Å². The summed E-state index contributed by atoms with van der Waals surface area (Å²) in [6.45, 7) is 2.68. The number of anilines is 1. The average molecular weight is 345 g/mol. The van der Waals surface area contributed by atoms with Crippen LogP contribution >= 0.6 is 0 Å². The predicted molar refractivity (Wildman–Crippen MR) is 93.8 cm³/mol. The summed E-state index contributed by atoms with van der Waals surface area (Å²) < 4.78 is 23.3. The highest BCUT2D eigenvalue weighted by molar-refractivity contribution is 7.85. The van der Waals surface area contributed by atoms with Crippen molar-refractivity contribution in [2.45, 2.75) is 17.9 Å². The Kier molecular flexibility index (Phi) is 5.15. The molecular formula is C18H19NO4S. The first kappa shape index (κ1) is 16.5. The van der Waals surface area contributed by atoms with Crippen LogP contribution in [0, 0.1) is 0 Å². The molecule has 0 bridgehead atoms. The van der Waals surface area contributed by atoms with Gasteiger partial charge in [0.25, 0.3) is 0 Å². The minimum atomic E-state index is -1.29. The van der Waals surface area contributed by atoms with Gasteiger partial charge in [0.1, 0.15) is 18.5 Å². The third kappa shape index (κ3) is 3.94. The summed E-state index contributed by atoms with van der Waals surface area (Å²) in [4.78, 5) is 12.3. The first-order valence-corrected chi connectivity index (χ1v) is 9.13. The SMILES string of the molecule is C[C@@H](C(=O)Nc1ccc2c(c1)OCCO2)[S@](=O)Cc1ccccc1. The maximum absolute atomic E-state index is 12.4. The summed E-state index contributed by atoms with van der Waals surface area (Å²) in [6, 6.07) is 14.7. The summed E-state index contributed by atoms with van der Waals surface area (Å²) in [5.74, 6) is 1.36. The average Bonchev–Trinajstić information content (AvgIpc) is 2.61. The summed E-state index contributed by atoms with van der Waals surface area (Å²) in [7, 11) is -1.29. The Labute approximate surface area is 143 Å². The molecule has 0 saturated carbocycles. The molecule has 126 valence electrons. The van der Waals surface area contributed by atoms with Crippen LogP contribution in [0.25, 0.3) is 0 Å². The molecule has 2 aromatic carbocycles. The van der Waals surface area contributed by atoms with Gasteiger partial charge in [-0.15, -0.1) is 0 Å². The zero-order valence-corrected chi connectivity index (χ0v) is 14.2. The van der Waals surface area contributed by atoms with Gasteiger partial charge in [-0.25, -0.2) is 0 Å². The van der Waals surface area contributed by atoms with E-state index in [0.29, 0.717) is 36.2 Å². The molecule has 5 nitrogen and oxygen atoms in total. The fraction of sp³-hybridized carbons (Fsp3) is 0.278. The van der Waals surface area contributed by atoms with Crippen LogP contribution in [-0.2, 0) is 21.3 Å². The maximum Gasteiger partial charge on any atom is 0.239 e. The van der Waals surface area contributed by atoms with Crippen molar-refractivity contribution in [1.82, 2.24) is 0 Å². The van der Waals surface area contributed by atoms with Crippen molar-refractivity contribution in [2.24, 2.45) is 0 Å².